The molecule has 0 saturated heterocycles. The van der Waals surface area contributed by atoms with Gasteiger partial charge in [0, 0.05) is 18.8 Å². The summed E-state index contributed by atoms with van der Waals surface area (Å²) in [5.74, 6) is 0. The number of hydrogen-bond acceptors (Lipinski definition) is 3. The minimum absolute atomic E-state index is 0.147. The van der Waals surface area contributed by atoms with Crippen LogP contribution in [0.4, 0.5) is 13.2 Å². The number of alkyl halides is 3. The topological polar surface area (TPSA) is 39.9 Å². The third kappa shape index (κ3) is 4.72. The summed E-state index contributed by atoms with van der Waals surface area (Å²) in [5.41, 5.74) is 0.864. The van der Waals surface area contributed by atoms with Gasteiger partial charge in [0.05, 0.1) is 6.54 Å². The van der Waals surface area contributed by atoms with Gasteiger partial charge in [-0.1, -0.05) is 0 Å². The first-order valence-electron chi connectivity index (χ1n) is 5.47. The van der Waals surface area contributed by atoms with Crippen LogP contribution in [0.5, 0.6) is 0 Å². The normalized spacial score (nSPS) is 11.9. The summed E-state index contributed by atoms with van der Waals surface area (Å²) < 4.78 is 37.2. The molecule has 0 amide bonds. The number of nitrogens with zero attached hydrogens (tertiary/aromatic N) is 3. The van der Waals surface area contributed by atoms with E-state index in [4.69, 9.17) is 5.26 Å². The first-order valence-corrected chi connectivity index (χ1v) is 5.47. The molecule has 0 aromatic carbocycles. The molecule has 6 heteroatoms. The van der Waals surface area contributed by atoms with E-state index in [1.54, 1.807) is 19.9 Å². The number of rotatable bonds is 4. The monoisotopic (exact) mass is 257 g/mol. The van der Waals surface area contributed by atoms with Crippen molar-refractivity contribution in [1.29, 1.82) is 5.26 Å². The zero-order valence-electron chi connectivity index (χ0n) is 10.2. The molecule has 0 saturated carbocycles. The molecular weight excluding hydrogens is 243 g/mol. The third-order valence-corrected chi connectivity index (χ3v) is 2.44. The zero-order valence-corrected chi connectivity index (χ0v) is 10.2. The summed E-state index contributed by atoms with van der Waals surface area (Å²) in [5, 5.41) is 8.69. The molecule has 0 atom stereocenters. The van der Waals surface area contributed by atoms with Crippen LogP contribution in [0.25, 0.3) is 0 Å². The van der Waals surface area contributed by atoms with Crippen molar-refractivity contribution in [2.45, 2.75) is 32.6 Å². The van der Waals surface area contributed by atoms with Crippen molar-refractivity contribution in [2.24, 2.45) is 0 Å². The summed E-state index contributed by atoms with van der Waals surface area (Å²) >= 11 is 0. The van der Waals surface area contributed by atoms with Gasteiger partial charge in [-0.25, -0.2) is 4.98 Å². The summed E-state index contributed by atoms with van der Waals surface area (Å²) in [6.45, 7) is 2.60. The second-order valence-electron chi connectivity index (χ2n) is 4.28. The molecule has 0 radical (unpaired) electrons. The molecule has 0 unspecified atom stereocenters. The summed E-state index contributed by atoms with van der Waals surface area (Å²) in [6, 6.07) is 4.76. The number of pyridine rings is 1. The lowest BCUT2D eigenvalue weighted by atomic mass is 10.2. The number of hydrogen-bond donors (Lipinski definition) is 0. The molecule has 1 aromatic rings. The Hall–Kier alpha value is -1.61. The maximum absolute atomic E-state index is 12.4. The number of aromatic nitrogens is 1. The lowest BCUT2D eigenvalue weighted by Crippen LogP contribution is -2.38. The third-order valence-electron chi connectivity index (χ3n) is 2.44. The van der Waals surface area contributed by atoms with Crippen molar-refractivity contribution in [3.63, 3.8) is 0 Å². The van der Waals surface area contributed by atoms with Crippen LogP contribution in [0, 0.1) is 11.3 Å². The average Bonchev–Trinajstić information content (AvgIpc) is 2.26. The molecule has 1 aromatic heterocycles. The van der Waals surface area contributed by atoms with Gasteiger partial charge < -0.3 is 0 Å². The minimum Gasteiger partial charge on any atom is -0.288 e. The highest BCUT2D eigenvalue weighted by Gasteiger charge is 2.31. The Balaban J connectivity index is 2.80. The Morgan fingerprint density at radius 2 is 2.11 bits per heavy atom. The minimum atomic E-state index is -4.23. The van der Waals surface area contributed by atoms with Crippen molar-refractivity contribution in [1.82, 2.24) is 9.88 Å². The van der Waals surface area contributed by atoms with Crippen molar-refractivity contribution in [3.8, 4) is 6.07 Å². The van der Waals surface area contributed by atoms with E-state index in [2.05, 4.69) is 4.98 Å². The Labute approximate surface area is 104 Å². The lowest BCUT2D eigenvalue weighted by molar-refractivity contribution is -0.150. The number of nitriles is 1. The maximum Gasteiger partial charge on any atom is 0.401 e. The molecule has 1 heterocycles. The first kappa shape index (κ1) is 14.5. The fourth-order valence-electron chi connectivity index (χ4n) is 1.52. The largest absolute Gasteiger partial charge is 0.401 e. The molecule has 18 heavy (non-hydrogen) atoms. The SMILES string of the molecule is CC(C)N(Cc1ccnc(C#N)c1)CC(F)(F)F. The van der Waals surface area contributed by atoms with Crippen molar-refractivity contribution < 1.29 is 13.2 Å². The highest BCUT2D eigenvalue weighted by Crippen LogP contribution is 2.19. The fraction of sp³-hybridized carbons (Fsp3) is 0.500. The predicted molar refractivity (Wildman–Crippen MR) is 60.6 cm³/mol. The van der Waals surface area contributed by atoms with Gasteiger partial charge in [0.2, 0.25) is 0 Å². The van der Waals surface area contributed by atoms with Crippen LogP contribution in [0.2, 0.25) is 0 Å². The molecule has 1 rings (SSSR count). The highest BCUT2D eigenvalue weighted by atomic mass is 19.4. The van der Waals surface area contributed by atoms with Crippen molar-refractivity contribution in [2.75, 3.05) is 6.54 Å². The van der Waals surface area contributed by atoms with E-state index in [-0.39, 0.29) is 18.3 Å². The van der Waals surface area contributed by atoms with E-state index < -0.39 is 12.7 Å². The maximum atomic E-state index is 12.4. The van der Waals surface area contributed by atoms with E-state index in [0.29, 0.717) is 5.56 Å². The van der Waals surface area contributed by atoms with Gasteiger partial charge in [0.25, 0.3) is 0 Å². The molecule has 0 fully saturated rings. The highest BCUT2D eigenvalue weighted by molar-refractivity contribution is 5.25. The van der Waals surface area contributed by atoms with E-state index in [0.717, 1.165) is 0 Å². The van der Waals surface area contributed by atoms with Crippen LogP contribution in [0.3, 0.4) is 0 Å². The Morgan fingerprint density at radius 3 is 2.61 bits per heavy atom. The van der Waals surface area contributed by atoms with Gasteiger partial charge in [0.1, 0.15) is 11.8 Å². The van der Waals surface area contributed by atoms with Gasteiger partial charge in [-0.3, -0.25) is 4.90 Å². The van der Waals surface area contributed by atoms with Crippen LogP contribution in [0.1, 0.15) is 25.1 Å². The molecule has 0 N–H and O–H groups in total. The molecule has 0 bridgehead atoms. The summed E-state index contributed by atoms with van der Waals surface area (Å²) in [7, 11) is 0. The molecule has 98 valence electrons. The standard InChI is InChI=1S/C12H14F3N3/c1-9(2)18(8-12(13,14)15)7-10-3-4-17-11(5-10)6-16/h3-5,9H,7-8H2,1-2H3. The molecular formula is C12H14F3N3. The van der Waals surface area contributed by atoms with Crippen LogP contribution in [-0.2, 0) is 6.54 Å². The second-order valence-corrected chi connectivity index (χ2v) is 4.28. The smallest absolute Gasteiger partial charge is 0.288 e. The molecule has 3 nitrogen and oxygen atoms in total. The van der Waals surface area contributed by atoms with E-state index in [1.165, 1.54) is 17.2 Å². The molecule has 0 aliphatic carbocycles. The fourth-order valence-corrected chi connectivity index (χ4v) is 1.52. The predicted octanol–water partition coefficient (Wildman–Crippen LogP) is 2.73. The summed E-state index contributed by atoms with van der Waals surface area (Å²) in [4.78, 5) is 5.08. The van der Waals surface area contributed by atoms with Crippen LogP contribution >= 0.6 is 0 Å². The van der Waals surface area contributed by atoms with Crippen LogP contribution < -0.4 is 0 Å². The van der Waals surface area contributed by atoms with E-state index in [9.17, 15) is 13.2 Å². The molecule has 0 aliphatic heterocycles. The second kappa shape index (κ2) is 5.83. The Kier molecular flexibility index (Phi) is 4.68. The zero-order chi connectivity index (χ0) is 13.8. The van der Waals surface area contributed by atoms with Gasteiger partial charge in [-0.05, 0) is 31.5 Å². The van der Waals surface area contributed by atoms with Crippen molar-refractivity contribution >= 4 is 0 Å². The quantitative estimate of drug-likeness (QED) is 0.832. The first-order chi connectivity index (χ1) is 8.31. The van der Waals surface area contributed by atoms with Gasteiger partial charge >= 0.3 is 6.18 Å². The van der Waals surface area contributed by atoms with Crippen LogP contribution in [0.15, 0.2) is 18.3 Å². The van der Waals surface area contributed by atoms with Gasteiger partial charge in [0.15, 0.2) is 0 Å². The van der Waals surface area contributed by atoms with E-state index in [1.807, 2.05) is 6.07 Å². The Bertz CT molecular complexity index is 435. The van der Waals surface area contributed by atoms with Gasteiger partial charge in [-0.15, -0.1) is 0 Å². The van der Waals surface area contributed by atoms with Crippen LogP contribution in [-0.4, -0.2) is 28.6 Å². The Morgan fingerprint density at radius 1 is 1.44 bits per heavy atom. The van der Waals surface area contributed by atoms with Crippen molar-refractivity contribution in [3.05, 3.63) is 29.6 Å². The lowest BCUT2D eigenvalue weighted by Gasteiger charge is -2.27. The molecule has 0 spiro atoms. The average molecular weight is 257 g/mol. The van der Waals surface area contributed by atoms with E-state index >= 15 is 0 Å². The van der Waals surface area contributed by atoms with Gasteiger partial charge in [-0.2, -0.15) is 18.4 Å². The summed E-state index contributed by atoms with van der Waals surface area (Å²) in [6.07, 6.45) is -2.80. The molecule has 0 aliphatic rings. The number of halogens is 3.